The number of amides is 1. The number of nitrogens with one attached hydrogen (secondary N) is 1. The van der Waals surface area contributed by atoms with Crippen LogP contribution in [0.3, 0.4) is 0 Å². The molecule has 1 rings (SSSR count). The van der Waals surface area contributed by atoms with E-state index < -0.39 is 0 Å². The van der Waals surface area contributed by atoms with E-state index in [-0.39, 0.29) is 12.4 Å². The van der Waals surface area contributed by atoms with Crippen LogP contribution in [-0.2, 0) is 9.59 Å². The maximum atomic E-state index is 10.7. The third-order valence-electron chi connectivity index (χ3n) is 1.50. The van der Waals surface area contributed by atoms with Gasteiger partial charge in [-0.25, -0.2) is 0 Å². The fraction of sp³-hybridized carbons (Fsp3) is 0.333. The Morgan fingerprint density at radius 2 is 2.20 bits per heavy atom. The third-order valence-corrected chi connectivity index (χ3v) is 2.48. The molecule has 0 atom stereocenters. The van der Waals surface area contributed by atoms with Crippen LogP contribution < -0.4 is 10.1 Å². The van der Waals surface area contributed by atoms with Crippen LogP contribution in [0.5, 0.6) is 5.75 Å². The first-order valence-corrected chi connectivity index (χ1v) is 4.92. The Morgan fingerprint density at radius 3 is 2.53 bits per heavy atom. The molecule has 1 heterocycles. The summed E-state index contributed by atoms with van der Waals surface area (Å²) in [5, 5.41) is 12.4. The molecule has 5 nitrogen and oxygen atoms in total. The number of hydrogen-bond donors (Lipinski definition) is 2. The zero-order chi connectivity index (χ0) is 11.8. The van der Waals surface area contributed by atoms with E-state index in [0.717, 1.165) is 16.3 Å². The molecule has 1 aromatic rings. The number of thiophene rings is 1. The Balaban J connectivity index is 0.000000583. The molecule has 1 amide bonds. The van der Waals surface area contributed by atoms with Crippen molar-refractivity contribution in [2.24, 2.45) is 0 Å². The van der Waals surface area contributed by atoms with Crippen LogP contribution in [0.4, 0.5) is 5.00 Å². The van der Waals surface area contributed by atoms with E-state index in [0.29, 0.717) is 0 Å². The molecule has 0 unspecified atom stereocenters. The zero-order valence-corrected chi connectivity index (χ0v) is 9.55. The number of carbonyl (C=O) groups excluding carboxylic acids is 1. The molecule has 0 aliphatic heterocycles. The van der Waals surface area contributed by atoms with Crippen molar-refractivity contribution in [1.29, 1.82) is 0 Å². The van der Waals surface area contributed by atoms with Gasteiger partial charge in [-0.15, -0.1) is 11.3 Å². The van der Waals surface area contributed by atoms with Crippen LogP contribution in [0.1, 0.15) is 12.5 Å². The molecular weight excluding hydrogens is 218 g/mol. The Bertz CT molecular complexity index is 335. The summed E-state index contributed by atoms with van der Waals surface area (Å²) in [6, 6.07) is 0. The van der Waals surface area contributed by atoms with Crippen LogP contribution in [-0.4, -0.2) is 24.6 Å². The summed E-state index contributed by atoms with van der Waals surface area (Å²) < 4.78 is 5.07. The molecule has 0 bridgehead atoms. The van der Waals surface area contributed by atoms with Gasteiger partial charge in [-0.3, -0.25) is 9.59 Å². The largest absolute Gasteiger partial charge is 0.496 e. The number of carboxylic acid groups (broad SMARTS) is 1. The average molecular weight is 231 g/mol. The van der Waals surface area contributed by atoms with E-state index in [9.17, 15) is 4.79 Å². The monoisotopic (exact) mass is 231 g/mol. The Labute approximate surface area is 91.7 Å². The molecule has 0 saturated carbocycles. The lowest BCUT2D eigenvalue weighted by molar-refractivity contribution is -0.123. The summed E-state index contributed by atoms with van der Waals surface area (Å²) in [5.74, 6) is 0.770. The number of anilines is 1. The molecule has 0 aliphatic rings. The highest BCUT2D eigenvalue weighted by molar-refractivity contribution is 7.14. The van der Waals surface area contributed by atoms with Gasteiger partial charge in [-0.05, 0) is 6.92 Å². The Hall–Kier alpha value is -1.56. The molecule has 6 heteroatoms. The van der Waals surface area contributed by atoms with E-state index in [1.54, 1.807) is 7.11 Å². The summed E-state index contributed by atoms with van der Waals surface area (Å²) in [5.41, 5.74) is 0.984. The van der Waals surface area contributed by atoms with Crippen LogP contribution in [0.25, 0.3) is 0 Å². The van der Waals surface area contributed by atoms with Gasteiger partial charge in [-0.1, -0.05) is 0 Å². The number of ether oxygens (including phenoxy) is 1. The fourth-order valence-electron chi connectivity index (χ4n) is 0.885. The lowest BCUT2D eigenvalue weighted by atomic mass is 10.3. The molecule has 0 spiro atoms. The predicted octanol–water partition coefficient (Wildman–Crippen LogP) is 1.72. The fourth-order valence-corrected chi connectivity index (χ4v) is 1.86. The van der Waals surface area contributed by atoms with Crippen LogP contribution in [0.15, 0.2) is 5.38 Å². The van der Waals surface area contributed by atoms with E-state index in [1.165, 1.54) is 18.3 Å². The molecule has 84 valence electrons. The van der Waals surface area contributed by atoms with Crippen molar-refractivity contribution in [3.63, 3.8) is 0 Å². The highest BCUT2D eigenvalue weighted by Gasteiger charge is 2.07. The van der Waals surface area contributed by atoms with Crippen LogP contribution in [0, 0.1) is 6.92 Å². The Morgan fingerprint density at radius 1 is 1.67 bits per heavy atom. The van der Waals surface area contributed by atoms with Gasteiger partial charge in [0.1, 0.15) is 10.8 Å². The van der Waals surface area contributed by atoms with Crippen molar-refractivity contribution in [3.05, 3.63) is 10.9 Å². The number of carbonyl (C=O) groups is 2. The zero-order valence-electron chi connectivity index (χ0n) is 8.73. The first-order valence-electron chi connectivity index (χ1n) is 4.04. The lowest BCUT2D eigenvalue weighted by Crippen LogP contribution is -2.04. The molecule has 0 radical (unpaired) electrons. The van der Waals surface area contributed by atoms with Crippen LogP contribution >= 0.6 is 11.3 Å². The second kappa shape index (κ2) is 6.83. The molecule has 2 N–H and O–H groups in total. The van der Waals surface area contributed by atoms with E-state index in [1.807, 2.05) is 12.3 Å². The molecule has 1 aromatic heterocycles. The van der Waals surface area contributed by atoms with Crippen molar-refractivity contribution in [3.8, 4) is 5.75 Å². The quantitative estimate of drug-likeness (QED) is 0.760. The Kier molecular flexibility index (Phi) is 6.12. The summed E-state index contributed by atoms with van der Waals surface area (Å²) in [6.45, 7) is 3.16. The van der Waals surface area contributed by atoms with Crippen molar-refractivity contribution in [2.75, 3.05) is 12.4 Å². The number of methoxy groups -OCH3 is 1. The second-order valence-electron chi connectivity index (χ2n) is 2.54. The minimum absolute atomic E-state index is 0.0531. The van der Waals surface area contributed by atoms with Gasteiger partial charge in [0.2, 0.25) is 5.91 Å². The van der Waals surface area contributed by atoms with Gasteiger partial charge >= 0.3 is 0 Å². The summed E-state index contributed by atoms with van der Waals surface area (Å²) in [4.78, 5) is 19.1. The van der Waals surface area contributed by atoms with Gasteiger partial charge in [0.25, 0.3) is 6.47 Å². The second-order valence-corrected chi connectivity index (χ2v) is 3.42. The van der Waals surface area contributed by atoms with Gasteiger partial charge in [0, 0.05) is 17.9 Å². The first-order chi connectivity index (χ1) is 7.06. The summed E-state index contributed by atoms with van der Waals surface area (Å²) >= 11 is 1.47. The van der Waals surface area contributed by atoms with Crippen LogP contribution in [0.2, 0.25) is 0 Å². The lowest BCUT2D eigenvalue weighted by Gasteiger charge is -2.00. The average Bonchev–Trinajstić information content (AvgIpc) is 2.48. The van der Waals surface area contributed by atoms with E-state index in [2.05, 4.69) is 5.32 Å². The molecular formula is C9H13NO4S. The highest BCUT2D eigenvalue weighted by atomic mass is 32.1. The van der Waals surface area contributed by atoms with Gasteiger partial charge in [-0.2, -0.15) is 0 Å². The van der Waals surface area contributed by atoms with E-state index in [4.69, 9.17) is 14.6 Å². The maximum Gasteiger partial charge on any atom is 0.290 e. The number of hydrogen-bond acceptors (Lipinski definition) is 4. The number of rotatable bonds is 2. The first kappa shape index (κ1) is 13.4. The van der Waals surface area contributed by atoms with Crippen molar-refractivity contribution in [2.45, 2.75) is 13.8 Å². The normalized spacial score (nSPS) is 8.47. The van der Waals surface area contributed by atoms with Crippen molar-refractivity contribution >= 4 is 28.7 Å². The van der Waals surface area contributed by atoms with E-state index >= 15 is 0 Å². The van der Waals surface area contributed by atoms with Gasteiger partial charge in [0.05, 0.1) is 7.11 Å². The smallest absolute Gasteiger partial charge is 0.290 e. The molecule has 0 aromatic carbocycles. The standard InChI is InChI=1S/C8H11NO2S.CH2O2/c1-5-7(11-3)4-12-8(5)9-6(2)10;2-1-3/h4H,1-3H3,(H,9,10);1H,(H,2,3). The highest BCUT2D eigenvalue weighted by Crippen LogP contribution is 2.32. The molecule has 0 saturated heterocycles. The summed E-state index contributed by atoms with van der Waals surface area (Å²) in [6.07, 6.45) is 0. The third kappa shape index (κ3) is 4.46. The van der Waals surface area contributed by atoms with Crippen molar-refractivity contribution < 1.29 is 19.4 Å². The van der Waals surface area contributed by atoms with Gasteiger partial charge in [0.15, 0.2) is 0 Å². The maximum absolute atomic E-state index is 10.7. The topological polar surface area (TPSA) is 75.6 Å². The van der Waals surface area contributed by atoms with Gasteiger partial charge < -0.3 is 15.2 Å². The van der Waals surface area contributed by atoms with Crippen molar-refractivity contribution in [1.82, 2.24) is 0 Å². The minimum atomic E-state index is -0.250. The predicted molar refractivity (Wildman–Crippen MR) is 58.6 cm³/mol. The molecule has 15 heavy (non-hydrogen) atoms. The minimum Gasteiger partial charge on any atom is -0.496 e. The molecule has 0 fully saturated rings. The molecule has 0 aliphatic carbocycles. The summed E-state index contributed by atoms with van der Waals surface area (Å²) in [7, 11) is 1.62. The SMILES string of the molecule is COc1csc(NC(C)=O)c1C.O=CO.